The van der Waals surface area contributed by atoms with Gasteiger partial charge in [0.1, 0.15) is 0 Å². The van der Waals surface area contributed by atoms with Crippen LogP contribution in [0, 0.1) is 5.92 Å². The van der Waals surface area contributed by atoms with Gasteiger partial charge in [-0.05, 0) is 19.4 Å². The van der Waals surface area contributed by atoms with Crippen LogP contribution in [0.25, 0.3) is 0 Å². The lowest BCUT2D eigenvalue weighted by atomic mass is 9.99. The van der Waals surface area contributed by atoms with Crippen molar-refractivity contribution in [2.75, 3.05) is 26.7 Å². The monoisotopic (exact) mass is 293 g/mol. The first kappa shape index (κ1) is 15.9. The Morgan fingerprint density at radius 2 is 2.14 bits per heavy atom. The van der Waals surface area contributed by atoms with Gasteiger partial charge in [0.05, 0.1) is 5.69 Å². The van der Waals surface area contributed by atoms with Crippen LogP contribution >= 0.6 is 0 Å². The van der Waals surface area contributed by atoms with Crippen LogP contribution in [0.3, 0.4) is 0 Å². The smallest absolute Gasteiger partial charge is 0.223 e. The number of piperazine rings is 1. The minimum atomic E-state index is 0.249. The molecule has 1 aliphatic heterocycles. The van der Waals surface area contributed by atoms with Crippen LogP contribution in [0.1, 0.15) is 32.4 Å². The quantitative estimate of drug-likeness (QED) is 0.810. The largest absolute Gasteiger partial charge is 0.337 e. The Morgan fingerprint density at radius 3 is 2.76 bits per heavy atom. The zero-order valence-corrected chi connectivity index (χ0v) is 13.6. The number of amides is 1. The molecule has 1 aliphatic rings. The van der Waals surface area contributed by atoms with Gasteiger partial charge in [-0.2, -0.15) is 0 Å². The molecule has 0 bridgehead atoms. The average molecular weight is 293 g/mol. The molecule has 1 atom stereocenters. The van der Waals surface area contributed by atoms with Gasteiger partial charge < -0.3 is 9.80 Å². The summed E-state index contributed by atoms with van der Waals surface area (Å²) in [7, 11) is 3.98. The van der Waals surface area contributed by atoms with E-state index in [2.05, 4.69) is 41.0 Å². The van der Waals surface area contributed by atoms with Gasteiger partial charge in [0, 0.05) is 51.8 Å². The van der Waals surface area contributed by atoms with E-state index in [1.54, 1.807) is 4.68 Å². The number of hydrogen-bond acceptors (Lipinski definition) is 4. The Bertz CT molecular complexity index is 468. The maximum Gasteiger partial charge on any atom is 0.223 e. The molecule has 0 spiro atoms. The number of nitrogens with zero attached hydrogens (tertiary/aromatic N) is 5. The van der Waals surface area contributed by atoms with E-state index in [0.29, 0.717) is 24.8 Å². The maximum atomic E-state index is 12.5. The molecule has 6 heteroatoms. The molecule has 0 aliphatic carbocycles. The van der Waals surface area contributed by atoms with Crippen LogP contribution in [0.2, 0.25) is 0 Å². The third-order valence-electron chi connectivity index (χ3n) is 3.99. The molecule has 1 aromatic rings. The second-order valence-corrected chi connectivity index (χ2v) is 6.52. The summed E-state index contributed by atoms with van der Waals surface area (Å²) in [6.45, 7) is 7.22. The van der Waals surface area contributed by atoms with Crippen molar-refractivity contribution in [3.05, 3.63) is 11.9 Å². The number of hydrogen-bond donors (Lipinski definition) is 0. The van der Waals surface area contributed by atoms with E-state index < -0.39 is 0 Å². The summed E-state index contributed by atoms with van der Waals surface area (Å²) in [6, 6.07) is 0.345. The number of carbonyl (C=O) groups excluding carboxylic acids is 1. The molecular weight excluding hydrogens is 266 g/mol. The minimum absolute atomic E-state index is 0.249. The second kappa shape index (κ2) is 7.02. The molecule has 1 saturated heterocycles. The number of aromatic nitrogens is 3. The Kier molecular flexibility index (Phi) is 5.33. The fourth-order valence-corrected chi connectivity index (χ4v) is 2.97. The lowest BCUT2D eigenvalue weighted by molar-refractivity contribution is -0.136. The van der Waals surface area contributed by atoms with Crippen molar-refractivity contribution in [3.63, 3.8) is 0 Å². The number of rotatable bonds is 5. The van der Waals surface area contributed by atoms with Gasteiger partial charge in [-0.25, -0.2) is 0 Å². The van der Waals surface area contributed by atoms with Gasteiger partial charge in [-0.3, -0.25) is 9.48 Å². The predicted octanol–water partition coefficient (Wildman–Crippen LogP) is 0.936. The summed E-state index contributed by atoms with van der Waals surface area (Å²) in [5.41, 5.74) is 0.889. The van der Waals surface area contributed by atoms with Crippen LogP contribution in [0.5, 0.6) is 0 Å². The van der Waals surface area contributed by atoms with Gasteiger partial charge in [0.15, 0.2) is 0 Å². The Labute approximate surface area is 127 Å². The number of carbonyl (C=O) groups is 1. The van der Waals surface area contributed by atoms with Gasteiger partial charge in [0.2, 0.25) is 5.91 Å². The molecule has 21 heavy (non-hydrogen) atoms. The van der Waals surface area contributed by atoms with Crippen molar-refractivity contribution in [2.45, 2.75) is 39.2 Å². The predicted molar refractivity (Wildman–Crippen MR) is 81.8 cm³/mol. The van der Waals surface area contributed by atoms with E-state index >= 15 is 0 Å². The van der Waals surface area contributed by atoms with Crippen LogP contribution in [-0.4, -0.2) is 63.4 Å². The number of likely N-dealkylation sites (N-methyl/N-ethyl adjacent to an activating group) is 1. The normalized spacial score (nSPS) is 20.2. The molecule has 1 amide bonds. The highest BCUT2D eigenvalue weighted by Crippen LogP contribution is 2.18. The van der Waals surface area contributed by atoms with Gasteiger partial charge in [0.25, 0.3) is 0 Å². The van der Waals surface area contributed by atoms with Crippen LogP contribution in [-0.2, 0) is 18.3 Å². The van der Waals surface area contributed by atoms with E-state index in [1.165, 1.54) is 0 Å². The summed E-state index contributed by atoms with van der Waals surface area (Å²) in [4.78, 5) is 16.9. The fourth-order valence-electron chi connectivity index (χ4n) is 2.97. The lowest BCUT2D eigenvalue weighted by Gasteiger charge is -2.41. The highest BCUT2D eigenvalue weighted by Gasteiger charge is 2.29. The molecule has 118 valence electrons. The van der Waals surface area contributed by atoms with Crippen LogP contribution in [0.15, 0.2) is 6.20 Å². The average Bonchev–Trinajstić information content (AvgIpc) is 2.81. The van der Waals surface area contributed by atoms with Crippen molar-refractivity contribution in [1.82, 2.24) is 24.8 Å². The number of aryl methyl sites for hydroxylation is 2. The second-order valence-electron chi connectivity index (χ2n) is 6.52. The summed E-state index contributed by atoms with van der Waals surface area (Å²) >= 11 is 0. The molecule has 1 fully saturated rings. The molecule has 2 rings (SSSR count). The van der Waals surface area contributed by atoms with Gasteiger partial charge >= 0.3 is 0 Å². The van der Waals surface area contributed by atoms with E-state index in [4.69, 9.17) is 0 Å². The van der Waals surface area contributed by atoms with Crippen LogP contribution < -0.4 is 0 Å². The maximum absolute atomic E-state index is 12.5. The molecule has 1 unspecified atom stereocenters. The first-order chi connectivity index (χ1) is 9.95. The summed E-state index contributed by atoms with van der Waals surface area (Å²) in [5, 5.41) is 7.95. The molecule has 2 heterocycles. The molecule has 0 radical (unpaired) electrons. The van der Waals surface area contributed by atoms with Gasteiger partial charge in [-0.15, -0.1) is 5.10 Å². The lowest BCUT2D eigenvalue weighted by Crippen LogP contribution is -2.54. The molecule has 0 saturated carbocycles. The highest BCUT2D eigenvalue weighted by atomic mass is 16.2. The van der Waals surface area contributed by atoms with E-state index in [-0.39, 0.29) is 5.91 Å². The first-order valence-corrected chi connectivity index (χ1v) is 7.79. The van der Waals surface area contributed by atoms with E-state index in [0.717, 1.165) is 31.7 Å². The van der Waals surface area contributed by atoms with Crippen molar-refractivity contribution < 1.29 is 4.79 Å². The highest BCUT2D eigenvalue weighted by molar-refractivity contribution is 5.77. The zero-order valence-electron chi connectivity index (χ0n) is 13.6. The van der Waals surface area contributed by atoms with Crippen molar-refractivity contribution in [3.8, 4) is 0 Å². The van der Waals surface area contributed by atoms with Crippen LogP contribution in [0.4, 0.5) is 0 Å². The minimum Gasteiger partial charge on any atom is -0.337 e. The molecular formula is C15H27N5O. The SMILES string of the molecule is CC(C)CC1CN(C)CCN1C(=O)CCc1cn(C)nn1. The molecule has 0 aromatic carbocycles. The Hall–Kier alpha value is -1.43. The Balaban J connectivity index is 1.92. The van der Waals surface area contributed by atoms with E-state index in [1.807, 2.05) is 13.2 Å². The summed E-state index contributed by atoms with van der Waals surface area (Å²) in [6.07, 6.45) is 4.15. The first-order valence-electron chi connectivity index (χ1n) is 7.79. The third-order valence-corrected chi connectivity index (χ3v) is 3.99. The van der Waals surface area contributed by atoms with Gasteiger partial charge in [-0.1, -0.05) is 19.1 Å². The van der Waals surface area contributed by atoms with Crippen molar-refractivity contribution >= 4 is 5.91 Å². The standard InChI is InChI=1S/C15H27N5O/c1-12(2)9-14-11-18(3)7-8-20(14)15(21)6-5-13-10-19(4)17-16-13/h10,12,14H,5-9,11H2,1-4H3. The summed E-state index contributed by atoms with van der Waals surface area (Å²) in [5.74, 6) is 0.858. The molecule has 0 N–H and O–H groups in total. The fraction of sp³-hybridized carbons (Fsp3) is 0.800. The molecule has 1 aromatic heterocycles. The van der Waals surface area contributed by atoms with E-state index in [9.17, 15) is 4.79 Å². The Morgan fingerprint density at radius 1 is 1.38 bits per heavy atom. The topological polar surface area (TPSA) is 54.3 Å². The molecule has 6 nitrogen and oxygen atoms in total. The van der Waals surface area contributed by atoms with Crippen molar-refractivity contribution in [1.29, 1.82) is 0 Å². The van der Waals surface area contributed by atoms with Crippen molar-refractivity contribution in [2.24, 2.45) is 13.0 Å². The summed E-state index contributed by atoms with van der Waals surface area (Å²) < 4.78 is 1.68. The third kappa shape index (κ3) is 4.52. The zero-order chi connectivity index (χ0) is 15.4.